The predicted molar refractivity (Wildman–Crippen MR) is 89.8 cm³/mol. The number of H-pyrrole nitrogens is 1. The molecule has 0 fully saturated rings. The Morgan fingerprint density at radius 2 is 2.04 bits per heavy atom. The molecule has 3 N–H and O–H groups in total. The number of carbonyl (C=O) groups excluding carboxylic acids is 2. The average molecular weight is 334 g/mol. The number of carbonyl (C=O) groups is 2. The summed E-state index contributed by atoms with van der Waals surface area (Å²) in [5.41, 5.74) is 1.24. The summed E-state index contributed by atoms with van der Waals surface area (Å²) in [5, 5.41) is 11.8. The summed E-state index contributed by atoms with van der Waals surface area (Å²) >= 11 is 1.40. The van der Waals surface area contributed by atoms with E-state index in [4.69, 9.17) is 4.74 Å². The first kappa shape index (κ1) is 16.9. The van der Waals surface area contributed by atoms with E-state index >= 15 is 0 Å². The first-order chi connectivity index (χ1) is 11.1. The smallest absolute Gasteiger partial charge is 0.256 e. The van der Waals surface area contributed by atoms with Gasteiger partial charge in [-0.25, -0.2) is 0 Å². The second kappa shape index (κ2) is 8.23. The first-order valence-corrected chi connectivity index (χ1v) is 8.26. The molecule has 1 heterocycles. The fourth-order valence-corrected chi connectivity index (χ4v) is 2.22. The fourth-order valence-electron chi connectivity index (χ4n) is 1.88. The molecule has 0 spiro atoms. The summed E-state index contributed by atoms with van der Waals surface area (Å²) in [6.07, 6.45) is 3.22. The molecule has 2 aromatic rings. The predicted octanol–water partition coefficient (Wildman–Crippen LogP) is 1.65. The van der Waals surface area contributed by atoms with Gasteiger partial charge in [0, 0.05) is 6.54 Å². The third-order valence-electron chi connectivity index (χ3n) is 3.04. The number of aromatic nitrogens is 2. The van der Waals surface area contributed by atoms with Crippen LogP contribution in [0.15, 0.2) is 30.5 Å². The number of ether oxygens (including phenoxy) is 1. The third kappa shape index (κ3) is 4.75. The Bertz CT molecular complexity index is 670. The van der Waals surface area contributed by atoms with Crippen molar-refractivity contribution >= 4 is 29.4 Å². The van der Waals surface area contributed by atoms with E-state index in [0.29, 0.717) is 23.7 Å². The van der Waals surface area contributed by atoms with Crippen molar-refractivity contribution in [3.8, 4) is 5.75 Å². The molecule has 0 aliphatic rings. The van der Waals surface area contributed by atoms with E-state index in [1.807, 2.05) is 30.5 Å². The zero-order valence-corrected chi connectivity index (χ0v) is 13.7. The Balaban J connectivity index is 1.95. The highest BCUT2D eigenvalue weighted by atomic mass is 32.2. The van der Waals surface area contributed by atoms with Gasteiger partial charge in [0.15, 0.2) is 0 Å². The van der Waals surface area contributed by atoms with E-state index in [0.717, 1.165) is 11.3 Å². The second-order valence-electron chi connectivity index (χ2n) is 4.67. The molecule has 0 saturated heterocycles. The van der Waals surface area contributed by atoms with Crippen molar-refractivity contribution < 1.29 is 14.3 Å². The maximum Gasteiger partial charge on any atom is 0.256 e. The summed E-state index contributed by atoms with van der Waals surface area (Å²) < 4.78 is 5.08. The van der Waals surface area contributed by atoms with Gasteiger partial charge in [-0.3, -0.25) is 14.7 Å². The van der Waals surface area contributed by atoms with E-state index in [1.54, 1.807) is 7.11 Å². The number of thioether (sulfide) groups is 1. The molecule has 0 radical (unpaired) electrons. The number of hydrogen-bond acceptors (Lipinski definition) is 5. The normalized spacial score (nSPS) is 10.2. The number of methoxy groups -OCH3 is 1. The van der Waals surface area contributed by atoms with Crippen LogP contribution in [0.4, 0.5) is 5.82 Å². The Morgan fingerprint density at radius 3 is 2.70 bits per heavy atom. The van der Waals surface area contributed by atoms with Gasteiger partial charge >= 0.3 is 0 Å². The summed E-state index contributed by atoms with van der Waals surface area (Å²) in [7, 11) is 1.60. The summed E-state index contributed by atoms with van der Waals surface area (Å²) in [6, 6.07) is 7.39. The van der Waals surface area contributed by atoms with Crippen LogP contribution in [0, 0.1) is 0 Å². The summed E-state index contributed by atoms with van der Waals surface area (Å²) in [4.78, 5) is 23.8. The van der Waals surface area contributed by atoms with Gasteiger partial charge in [0.05, 0.1) is 19.1 Å². The van der Waals surface area contributed by atoms with E-state index in [-0.39, 0.29) is 11.8 Å². The van der Waals surface area contributed by atoms with E-state index in [9.17, 15) is 9.59 Å². The van der Waals surface area contributed by atoms with Gasteiger partial charge in [-0.05, 0) is 24.0 Å². The van der Waals surface area contributed by atoms with Crippen molar-refractivity contribution in [3.05, 3.63) is 41.6 Å². The van der Waals surface area contributed by atoms with Crippen LogP contribution in [0.3, 0.4) is 0 Å². The number of hydrogen-bond donors (Lipinski definition) is 3. The Labute approximate surface area is 138 Å². The van der Waals surface area contributed by atoms with Gasteiger partial charge in [-0.15, -0.1) is 0 Å². The fraction of sp³-hybridized carbons (Fsp3) is 0.267. The molecule has 1 aromatic carbocycles. The SMILES string of the molecule is COc1ccc(CNC(=O)c2cn[nH]c2NC(=O)CSC)cc1. The topological polar surface area (TPSA) is 96.1 Å². The van der Waals surface area contributed by atoms with E-state index < -0.39 is 0 Å². The molecule has 0 atom stereocenters. The molecule has 0 aliphatic carbocycles. The lowest BCUT2D eigenvalue weighted by Crippen LogP contribution is -2.24. The van der Waals surface area contributed by atoms with Crippen molar-refractivity contribution in [1.29, 1.82) is 0 Å². The minimum absolute atomic E-state index is 0.189. The minimum atomic E-state index is -0.311. The molecule has 1 aromatic heterocycles. The van der Waals surface area contributed by atoms with E-state index in [1.165, 1.54) is 18.0 Å². The zero-order chi connectivity index (χ0) is 16.7. The van der Waals surface area contributed by atoms with Crippen molar-refractivity contribution in [2.75, 3.05) is 24.4 Å². The molecule has 122 valence electrons. The second-order valence-corrected chi connectivity index (χ2v) is 5.54. The molecular formula is C15H18N4O3S. The first-order valence-electron chi connectivity index (χ1n) is 6.87. The maximum atomic E-state index is 12.2. The average Bonchev–Trinajstić information content (AvgIpc) is 3.01. The number of nitrogens with one attached hydrogen (secondary N) is 3. The molecule has 0 saturated carbocycles. The molecule has 0 aliphatic heterocycles. The van der Waals surface area contributed by atoms with Gasteiger partial charge in [0.1, 0.15) is 17.1 Å². The van der Waals surface area contributed by atoms with Gasteiger partial charge < -0.3 is 15.4 Å². The molecule has 2 rings (SSSR count). The van der Waals surface area contributed by atoms with Crippen molar-refractivity contribution in [2.24, 2.45) is 0 Å². The van der Waals surface area contributed by atoms with Crippen LogP contribution >= 0.6 is 11.8 Å². The molecule has 0 bridgehead atoms. The number of benzene rings is 1. The lowest BCUT2D eigenvalue weighted by molar-refractivity contribution is -0.113. The Hall–Kier alpha value is -2.48. The number of rotatable bonds is 7. The summed E-state index contributed by atoms with van der Waals surface area (Å²) in [5.74, 6) is 0.872. The van der Waals surface area contributed by atoms with Crippen LogP contribution in [0.2, 0.25) is 0 Å². The van der Waals surface area contributed by atoms with Crippen LogP contribution in [-0.4, -0.2) is 41.1 Å². The maximum absolute atomic E-state index is 12.2. The van der Waals surface area contributed by atoms with Crippen molar-refractivity contribution in [3.63, 3.8) is 0 Å². The highest BCUT2D eigenvalue weighted by Gasteiger charge is 2.15. The number of amides is 2. The lowest BCUT2D eigenvalue weighted by Gasteiger charge is -2.07. The molecule has 2 amide bonds. The van der Waals surface area contributed by atoms with Crippen LogP contribution < -0.4 is 15.4 Å². The molecular weight excluding hydrogens is 316 g/mol. The quantitative estimate of drug-likeness (QED) is 0.715. The van der Waals surface area contributed by atoms with Crippen molar-refractivity contribution in [1.82, 2.24) is 15.5 Å². The highest BCUT2D eigenvalue weighted by molar-refractivity contribution is 7.99. The lowest BCUT2D eigenvalue weighted by atomic mass is 10.2. The standard InChI is InChI=1S/C15H18N4O3S/c1-22-11-5-3-10(4-6-11)7-16-15(21)12-8-17-19-14(12)18-13(20)9-23-2/h3-6,8H,7,9H2,1-2H3,(H,16,21)(H2,17,18,19,20). The largest absolute Gasteiger partial charge is 0.497 e. The van der Waals surface area contributed by atoms with Gasteiger partial charge in [-0.1, -0.05) is 12.1 Å². The van der Waals surface area contributed by atoms with E-state index in [2.05, 4.69) is 20.8 Å². The van der Waals surface area contributed by atoms with Crippen LogP contribution in [0.25, 0.3) is 0 Å². The minimum Gasteiger partial charge on any atom is -0.497 e. The van der Waals surface area contributed by atoms with Gasteiger partial charge in [0.25, 0.3) is 5.91 Å². The van der Waals surface area contributed by atoms with Crippen LogP contribution in [0.5, 0.6) is 5.75 Å². The van der Waals surface area contributed by atoms with Gasteiger partial charge in [0.2, 0.25) is 5.91 Å². The van der Waals surface area contributed by atoms with Crippen LogP contribution in [0.1, 0.15) is 15.9 Å². The third-order valence-corrected chi connectivity index (χ3v) is 3.59. The number of anilines is 1. The highest BCUT2D eigenvalue weighted by Crippen LogP contribution is 2.13. The number of nitrogens with zero attached hydrogens (tertiary/aromatic N) is 1. The monoisotopic (exact) mass is 334 g/mol. The molecule has 0 unspecified atom stereocenters. The zero-order valence-electron chi connectivity index (χ0n) is 12.9. The van der Waals surface area contributed by atoms with Gasteiger partial charge in [-0.2, -0.15) is 16.9 Å². The van der Waals surface area contributed by atoms with Crippen LogP contribution in [-0.2, 0) is 11.3 Å². The number of aromatic amines is 1. The summed E-state index contributed by atoms with van der Waals surface area (Å²) in [6.45, 7) is 0.367. The van der Waals surface area contributed by atoms with Crippen molar-refractivity contribution in [2.45, 2.75) is 6.54 Å². The molecule has 23 heavy (non-hydrogen) atoms. The Morgan fingerprint density at radius 1 is 1.30 bits per heavy atom. The molecule has 7 nitrogen and oxygen atoms in total. The Kier molecular flexibility index (Phi) is 6.04. The molecule has 8 heteroatoms.